The fourth-order valence-corrected chi connectivity index (χ4v) is 1.60. The first kappa shape index (κ1) is 10.4. The van der Waals surface area contributed by atoms with Gasteiger partial charge in [-0.15, -0.1) is 0 Å². The van der Waals surface area contributed by atoms with Gasteiger partial charge >= 0.3 is 6.41 Å². The Morgan fingerprint density at radius 2 is 1.50 bits per heavy atom. The minimum Gasteiger partial charge on any atom is -0.318 e. The van der Waals surface area contributed by atoms with Gasteiger partial charge in [0.1, 0.15) is 0 Å². The van der Waals surface area contributed by atoms with Crippen LogP contribution >= 0.6 is 0 Å². The second kappa shape index (κ2) is 5.12. The Labute approximate surface area is 94.9 Å². The molecule has 2 heteroatoms. The van der Waals surface area contributed by atoms with E-state index in [4.69, 9.17) is 0 Å². The highest BCUT2D eigenvalue weighted by Crippen LogP contribution is 2.12. The summed E-state index contributed by atoms with van der Waals surface area (Å²) in [7, 11) is 0. The van der Waals surface area contributed by atoms with Crippen molar-refractivity contribution in [2.45, 2.75) is 6.42 Å². The summed E-state index contributed by atoms with van der Waals surface area (Å²) in [6, 6.07) is 18.1. The van der Waals surface area contributed by atoms with Crippen LogP contribution in [0.3, 0.4) is 0 Å². The zero-order valence-electron chi connectivity index (χ0n) is 8.81. The van der Waals surface area contributed by atoms with Crippen LogP contribution in [0.1, 0.15) is 11.1 Å². The molecule has 0 aliphatic carbocycles. The van der Waals surface area contributed by atoms with Crippen molar-refractivity contribution < 1.29 is 4.79 Å². The summed E-state index contributed by atoms with van der Waals surface area (Å²) in [4.78, 5) is 10.1. The molecule has 0 spiro atoms. The zero-order valence-corrected chi connectivity index (χ0v) is 8.81. The van der Waals surface area contributed by atoms with Crippen molar-refractivity contribution in [3.05, 3.63) is 65.7 Å². The molecule has 1 amide bonds. The van der Waals surface area contributed by atoms with Gasteiger partial charge in [-0.1, -0.05) is 42.5 Å². The van der Waals surface area contributed by atoms with Crippen molar-refractivity contribution >= 4 is 12.1 Å². The SMILES string of the molecule is O=[C]Nc1ccc(Cc2ccccc2)cc1. The van der Waals surface area contributed by atoms with Crippen molar-refractivity contribution in [3.63, 3.8) is 0 Å². The molecule has 1 radical (unpaired) electrons. The molecule has 0 aliphatic heterocycles. The maximum atomic E-state index is 10.1. The summed E-state index contributed by atoms with van der Waals surface area (Å²) in [5.41, 5.74) is 3.28. The fourth-order valence-electron chi connectivity index (χ4n) is 1.60. The molecule has 0 atom stereocenters. The number of nitrogens with one attached hydrogen (secondary N) is 1. The Hall–Kier alpha value is -2.09. The molecule has 0 heterocycles. The van der Waals surface area contributed by atoms with Crippen molar-refractivity contribution in [2.75, 3.05) is 5.32 Å². The predicted octanol–water partition coefficient (Wildman–Crippen LogP) is 2.76. The molecule has 0 bridgehead atoms. The van der Waals surface area contributed by atoms with Crippen LogP contribution in [0.25, 0.3) is 0 Å². The molecule has 2 aromatic rings. The third-order valence-electron chi connectivity index (χ3n) is 2.40. The van der Waals surface area contributed by atoms with Crippen LogP contribution in [0.4, 0.5) is 5.69 Å². The van der Waals surface area contributed by atoms with E-state index in [9.17, 15) is 4.79 Å². The van der Waals surface area contributed by atoms with Crippen LogP contribution in [0, 0.1) is 0 Å². The Morgan fingerprint density at radius 3 is 2.12 bits per heavy atom. The Kier molecular flexibility index (Phi) is 3.34. The topological polar surface area (TPSA) is 29.1 Å². The molecule has 0 aromatic heterocycles. The molecule has 0 unspecified atom stereocenters. The van der Waals surface area contributed by atoms with E-state index >= 15 is 0 Å². The standard InChI is InChI=1S/C14H12NO/c16-11-15-14-8-6-13(7-9-14)10-12-4-2-1-3-5-12/h1-9H,10H2,(H,15,16). The van der Waals surface area contributed by atoms with Crippen molar-refractivity contribution in [1.29, 1.82) is 0 Å². The van der Waals surface area contributed by atoms with E-state index in [-0.39, 0.29) is 0 Å². The van der Waals surface area contributed by atoms with E-state index in [2.05, 4.69) is 17.4 Å². The molecule has 0 saturated heterocycles. The summed E-state index contributed by atoms with van der Waals surface area (Å²) < 4.78 is 0. The van der Waals surface area contributed by atoms with Gasteiger partial charge in [0.2, 0.25) is 0 Å². The summed E-state index contributed by atoms with van der Waals surface area (Å²) >= 11 is 0. The number of carbonyl (C=O) groups excluding carboxylic acids is 1. The Balaban J connectivity index is 2.08. The van der Waals surface area contributed by atoms with E-state index in [1.54, 1.807) is 6.41 Å². The monoisotopic (exact) mass is 210 g/mol. The first-order chi connectivity index (χ1) is 7.88. The van der Waals surface area contributed by atoms with E-state index in [0.717, 1.165) is 12.1 Å². The normalized spacial score (nSPS) is 9.75. The minimum absolute atomic E-state index is 0.770. The van der Waals surface area contributed by atoms with Crippen molar-refractivity contribution in [2.24, 2.45) is 0 Å². The summed E-state index contributed by atoms with van der Waals surface area (Å²) in [6.45, 7) is 0. The lowest BCUT2D eigenvalue weighted by molar-refractivity contribution is 0.561. The average Bonchev–Trinajstić information content (AvgIpc) is 2.33. The highest BCUT2D eigenvalue weighted by Gasteiger charge is 1.96. The van der Waals surface area contributed by atoms with Crippen LogP contribution in [0.5, 0.6) is 0 Å². The van der Waals surface area contributed by atoms with Crippen molar-refractivity contribution in [1.82, 2.24) is 0 Å². The highest BCUT2D eigenvalue weighted by molar-refractivity contribution is 5.71. The van der Waals surface area contributed by atoms with Gasteiger partial charge in [-0.3, -0.25) is 4.79 Å². The van der Waals surface area contributed by atoms with Crippen LogP contribution < -0.4 is 5.32 Å². The second-order valence-corrected chi connectivity index (χ2v) is 3.59. The van der Waals surface area contributed by atoms with Crippen LogP contribution in [-0.4, -0.2) is 6.41 Å². The highest BCUT2D eigenvalue weighted by atomic mass is 16.1. The predicted molar refractivity (Wildman–Crippen MR) is 65.0 cm³/mol. The molecule has 2 rings (SSSR count). The molecule has 16 heavy (non-hydrogen) atoms. The molecule has 0 aliphatic rings. The maximum Gasteiger partial charge on any atom is 0.314 e. The van der Waals surface area contributed by atoms with Gasteiger partial charge < -0.3 is 5.32 Å². The lowest BCUT2D eigenvalue weighted by atomic mass is 10.1. The number of rotatable bonds is 4. The van der Waals surface area contributed by atoms with Crippen LogP contribution in [0.2, 0.25) is 0 Å². The molecule has 2 aromatic carbocycles. The van der Waals surface area contributed by atoms with Gasteiger partial charge in [-0.2, -0.15) is 0 Å². The molecule has 79 valence electrons. The number of hydrogen-bond donors (Lipinski definition) is 1. The number of benzene rings is 2. The third-order valence-corrected chi connectivity index (χ3v) is 2.40. The summed E-state index contributed by atoms with van der Waals surface area (Å²) in [6.07, 6.45) is 2.56. The van der Waals surface area contributed by atoms with Gasteiger partial charge in [0.05, 0.1) is 0 Å². The van der Waals surface area contributed by atoms with Crippen LogP contribution in [0.15, 0.2) is 54.6 Å². The maximum absolute atomic E-state index is 10.1. The van der Waals surface area contributed by atoms with Crippen molar-refractivity contribution in [3.8, 4) is 0 Å². The van der Waals surface area contributed by atoms with Gasteiger partial charge in [0.15, 0.2) is 0 Å². The third kappa shape index (κ3) is 2.70. The number of amides is 1. The minimum atomic E-state index is 0.770. The Bertz CT molecular complexity index is 448. The number of anilines is 1. The van der Waals surface area contributed by atoms with Gasteiger partial charge in [-0.05, 0) is 29.7 Å². The summed E-state index contributed by atoms with van der Waals surface area (Å²) in [5, 5.41) is 2.49. The molecule has 0 saturated carbocycles. The Morgan fingerprint density at radius 1 is 0.875 bits per heavy atom. The van der Waals surface area contributed by atoms with E-state index in [1.807, 2.05) is 42.5 Å². The quantitative estimate of drug-likeness (QED) is 0.772. The van der Waals surface area contributed by atoms with Gasteiger partial charge in [0, 0.05) is 5.69 Å². The smallest absolute Gasteiger partial charge is 0.314 e. The van der Waals surface area contributed by atoms with Gasteiger partial charge in [0.25, 0.3) is 0 Å². The lowest BCUT2D eigenvalue weighted by Crippen LogP contribution is -1.94. The van der Waals surface area contributed by atoms with Gasteiger partial charge in [-0.25, -0.2) is 0 Å². The van der Waals surface area contributed by atoms with E-state index < -0.39 is 0 Å². The fraction of sp³-hybridized carbons (Fsp3) is 0.0714. The van der Waals surface area contributed by atoms with E-state index in [1.165, 1.54) is 11.1 Å². The molecular weight excluding hydrogens is 198 g/mol. The lowest BCUT2D eigenvalue weighted by Gasteiger charge is -2.03. The molecular formula is C14H12NO. The van der Waals surface area contributed by atoms with Crippen LogP contribution in [-0.2, 0) is 11.2 Å². The molecule has 1 N–H and O–H groups in total. The largest absolute Gasteiger partial charge is 0.318 e. The number of hydrogen-bond acceptors (Lipinski definition) is 1. The zero-order chi connectivity index (χ0) is 11.2. The van der Waals surface area contributed by atoms with E-state index in [0.29, 0.717) is 0 Å². The first-order valence-corrected chi connectivity index (χ1v) is 5.14. The molecule has 2 nitrogen and oxygen atoms in total. The first-order valence-electron chi connectivity index (χ1n) is 5.14. The molecule has 0 fully saturated rings. The average molecular weight is 210 g/mol. The second-order valence-electron chi connectivity index (χ2n) is 3.59. The summed E-state index contributed by atoms with van der Waals surface area (Å²) in [5.74, 6) is 0.